The van der Waals surface area contributed by atoms with E-state index >= 15 is 0 Å². The predicted molar refractivity (Wildman–Crippen MR) is 167 cm³/mol. The van der Waals surface area contributed by atoms with Gasteiger partial charge in [0, 0.05) is 11.1 Å². The summed E-state index contributed by atoms with van der Waals surface area (Å²) in [5.74, 6) is 2.84. The molecule has 1 N–H and O–H groups in total. The molecule has 1 aromatic rings. The molecule has 0 spiro atoms. The number of aliphatic hydroxyl groups excluding tert-OH is 1. The summed E-state index contributed by atoms with van der Waals surface area (Å²) in [4.78, 5) is 25.7. The van der Waals surface area contributed by atoms with E-state index in [9.17, 15) is 14.7 Å². The van der Waals surface area contributed by atoms with Gasteiger partial charge in [0.2, 0.25) is 11.6 Å². The molecule has 3 saturated carbocycles. The Balaban J connectivity index is 0.967. The molecule has 6 aliphatic rings. The lowest BCUT2D eigenvalue weighted by atomic mass is 9.47. The molecule has 1 aromatic carbocycles. The Bertz CT molecular complexity index is 1380. The second-order valence-electron chi connectivity index (χ2n) is 15.4. The molecule has 43 heavy (non-hydrogen) atoms. The molecule has 1 heterocycles. The number of hydrogen-bond donors (Lipinski definition) is 1. The number of benzene rings is 1. The van der Waals surface area contributed by atoms with Gasteiger partial charge >= 0.3 is 0 Å². The van der Waals surface area contributed by atoms with Crippen LogP contribution < -0.4 is 0 Å². The van der Waals surface area contributed by atoms with Crippen molar-refractivity contribution in [3.05, 3.63) is 57.8 Å². The van der Waals surface area contributed by atoms with Crippen LogP contribution in [0.4, 0.5) is 0 Å². The summed E-state index contributed by atoms with van der Waals surface area (Å²) in [5.41, 5.74) is 2.84. The van der Waals surface area contributed by atoms with E-state index in [0.29, 0.717) is 41.1 Å². The van der Waals surface area contributed by atoms with Gasteiger partial charge in [0.05, 0.1) is 24.9 Å². The van der Waals surface area contributed by atoms with Gasteiger partial charge in [-0.2, -0.15) is 0 Å². The van der Waals surface area contributed by atoms with E-state index in [0.717, 1.165) is 49.9 Å². The number of ketones is 2. The fourth-order valence-corrected chi connectivity index (χ4v) is 11.1. The number of ether oxygens (including phenoxy) is 2. The summed E-state index contributed by atoms with van der Waals surface area (Å²) in [6.07, 6.45) is 12.8. The Kier molecular flexibility index (Phi) is 7.50. The number of hydrogen-bond acceptors (Lipinski definition) is 5. The number of carbonyl (C=O) groups is 2. The Morgan fingerprint density at radius 2 is 1.84 bits per heavy atom. The van der Waals surface area contributed by atoms with Crippen LogP contribution in [-0.4, -0.2) is 41.6 Å². The molecule has 0 unspecified atom stereocenters. The van der Waals surface area contributed by atoms with Crippen molar-refractivity contribution < 1.29 is 24.2 Å². The molecule has 232 valence electrons. The maximum absolute atomic E-state index is 13.0. The highest BCUT2D eigenvalue weighted by atomic mass is 35.5. The third-order valence-corrected chi connectivity index (χ3v) is 13.5. The number of fused-ring (bicyclic) bond motifs is 8. The van der Waals surface area contributed by atoms with Gasteiger partial charge in [-0.3, -0.25) is 9.59 Å². The highest BCUT2D eigenvalue weighted by Gasteiger charge is 2.64. The summed E-state index contributed by atoms with van der Waals surface area (Å²) in [6, 6.07) is 6.78. The minimum atomic E-state index is -0.351. The molecule has 0 aromatic heterocycles. The largest absolute Gasteiger partial charge is 0.488 e. The molecule has 5 nitrogen and oxygen atoms in total. The second-order valence-corrected chi connectivity index (χ2v) is 15.8. The lowest BCUT2D eigenvalue weighted by Crippen LogP contribution is -2.51. The van der Waals surface area contributed by atoms with Crippen LogP contribution in [0.3, 0.4) is 0 Å². The first-order valence-electron chi connectivity index (χ1n) is 16.8. The minimum absolute atomic E-state index is 0.0188. The van der Waals surface area contributed by atoms with Crippen molar-refractivity contribution in [3.63, 3.8) is 0 Å². The van der Waals surface area contributed by atoms with Crippen LogP contribution >= 0.6 is 11.6 Å². The third kappa shape index (κ3) is 4.62. The zero-order valence-corrected chi connectivity index (χ0v) is 26.9. The minimum Gasteiger partial charge on any atom is -0.488 e. The van der Waals surface area contributed by atoms with Gasteiger partial charge in [-0.25, -0.2) is 0 Å². The van der Waals surface area contributed by atoms with E-state index in [4.69, 9.17) is 21.1 Å². The van der Waals surface area contributed by atoms with Crippen LogP contribution in [0.15, 0.2) is 46.7 Å². The molecule has 11 atom stereocenters. The van der Waals surface area contributed by atoms with Crippen molar-refractivity contribution in [3.8, 4) is 0 Å². The fourth-order valence-electron chi connectivity index (χ4n) is 10.9. The summed E-state index contributed by atoms with van der Waals surface area (Å²) >= 11 is 6.30. The standard InChI is InChI=1S/C37H47ClO5/c1-20(19-42-35-32(38)33(40)24-7-5-6-8-25(24)34(35)41)9-12-29-21(2)31-30(43-29)18-28-26-11-10-22-17-23(39)13-15-36(22,3)27(26)14-16-37(28,31)4/h5-8,10,20-21,23,26-31,39H,9,11-19H2,1-4H3/t20-,21+,23-,26+,27-,28-,29+,30-,31-,36-,37-/m0/s1. The molecule has 5 aliphatic carbocycles. The summed E-state index contributed by atoms with van der Waals surface area (Å²) in [5, 5.41) is 10.2. The zero-order valence-electron chi connectivity index (χ0n) is 26.1. The SMILES string of the molecule is C[C@@H](CC[C@H]1O[C@H]2C[C@H]3[C@@H]4CC=C5C[C@@H](O)CC[C@]5(C)[C@H]4CC[C@]3(C)[C@H]2[C@@H]1C)COC1=C(Cl)C(=O)c2ccccc2C1=O. The van der Waals surface area contributed by atoms with Crippen molar-refractivity contribution in [1.82, 2.24) is 0 Å². The van der Waals surface area contributed by atoms with E-state index in [-0.39, 0.29) is 45.9 Å². The summed E-state index contributed by atoms with van der Waals surface area (Å²) in [7, 11) is 0. The normalized spacial score (nSPS) is 42.4. The zero-order chi connectivity index (χ0) is 30.3. The van der Waals surface area contributed by atoms with Crippen LogP contribution in [0.1, 0.15) is 106 Å². The first-order chi connectivity index (χ1) is 20.5. The lowest BCUT2D eigenvalue weighted by Gasteiger charge is -2.58. The molecule has 7 rings (SSSR count). The molecule has 6 heteroatoms. The molecule has 0 bridgehead atoms. The summed E-state index contributed by atoms with van der Waals surface area (Å²) in [6.45, 7) is 9.99. The predicted octanol–water partition coefficient (Wildman–Crippen LogP) is 7.90. The molecule has 0 radical (unpaired) electrons. The highest BCUT2D eigenvalue weighted by Crippen LogP contribution is 2.69. The van der Waals surface area contributed by atoms with Gasteiger partial charge in [-0.15, -0.1) is 0 Å². The molecular formula is C37H47ClO5. The lowest BCUT2D eigenvalue weighted by molar-refractivity contribution is -0.0590. The van der Waals surface area contributed by atoms with Gasteiger partial charge in [0.15, 0.2) is 5.76 Å². The molecule has 1 aliphatic heterocycles. The smallest absolute Gasteiger partial charge is 0.230 e. The Morgan fingerprint density at radius 1 is 1.09 bits per heavy atom. The van der Waals surface area contributed by atoms with Gasteiger partial charge < -0.3 is 14.6 Å². The fraction of sp³-hybridized carbons (Fsp3) is 0.676. The topological polar surface area (TPSA) is 72.8 Å². The third-order valence-electron chi connectivity index (χ3n) is 13.1. The van der Waals surface area contributed by atoms with E-state index in [2.05, 4.69) is 33.8 Å². The van der Waals surface area contributed by atoms with E-state index < -0.39 is 0 Å². The van der Waals surface area contributed by atoms with Gasteiger partial charge in [0.1, 0.15) is 5.03 Å². The molecule has 1 saturated heterocycles. The maximum Gasteiger partial charge on any atom is 0.230 e. The number of halogens is 1. The summed E-state index contributed by atoms with van der Waals surface area (Å²) < 4.78 is 12.8. The second kappa shape index (κ2) is 10.8. The number of Topliss-reactive ketones (excluding diaryl/α,β-unsaturated/α-hetero) is 2. The van der Waals surface area contributed by atoms with Crippen molar-refractivity contribution in [2.45, 2.75) is 104 Å². The average molecular weight is 607 g/mol. The van der Waals surface area contributed by atoms with Crippen molar-refractivity contribution >= 4 is 23.2 Å². The van der Waals surface area contributed by atoms with E-state index in [1.54, 1.807) is 29.8 Å². The van der Waals surface area contributed by atoms with Crippen molar-refractivity contribution in [2.24, 2.45) is 46.3 Å². The Labute approximate surface area is 261 Å². The van der Waals surface area contributed by atoms with Crippen LogP contribution in [0.5, 0.6) is 0 Å². The van der Waals surface area contributed by atoms with Gasteiger partial charge in [-0.1, -0.05) is 75.2 Å². The molecule has 0 amide bonds. The quantitative estimate of drug-likeness (QED) is 0.333. The van der Waals surface area contributed by atoms with Crippen LogP contribution in [0, 0.1) is 46.3 Å². The Morgan fingerprint density at radius 3 is 2.60 bits per heavy atom. The van der Waals surface area contributed by atoms with Crippen molar-refractivity contribution in [1.29, 1.82) is 0 Å². The van der Waals surface area contributed by atoms with Gasteiger partial charge in [0.25, 0.3) is 0 Å². The van der Waals surface area contributed by atoms with Crippen molar-refractivity contribution in [2.75, 3.05) is 6.61 Å². The van der Waals surface area contributed by atoms with E-state index in [1.165, 1.54) is 25.7 Å². The van der Waals surface area contributed by atoms with E-state index in [1.807, 2.05) is 0 Å². The first-order valence-corrected chi connectivity index (χ1v) is 17.1. The first kappa shape index (κ1) is 29.7. The average Bonchev–Trinajstić information content (AvgIpc) is 3.47. The number of carbonyl (C=O) groups excluding carboxylic acids is 2. The monoisotopic (exact) mass is 606 g/mol. The highest BCUT2D eigenvalue weighted by molar-refractivity contribution is 6.49. The number of aliphatic hydroxyl groups is 1. The van der Waals surface area contributed by atoms with Crippen LogP contribution in [-0.2, 0) is 9.47 Å². The maximum atomic E-state index is 13.0. The number of rotatable bonds is 6. The number of allylic oxidation sites excluding steroid dienone is 3. The van der Waals surface area contributed by atoms with Crippen LogP contribution in [0.25, 0.3) is 0 Å². The van der Waals surface area contributed by atoms with Crippen LogP contribution in [0.2, 0.25) is 0 Å². The Hall–Kier alpha value is -1.95. The molecular weight excluding hydrogens is 560 g/mol. The molecule has 4 fully saturated rings. The van der Waals surface area contributed by atoms with Gasteiger partial charge in [-0.05, 0) is 104 Å².